The molecule has 0 saturated carbocycles. The van der Waals surface area contributed by atoms with E-state index in [1.807, 2.05) is 37.3 Å². The third-order valence-electron chi connectivity index (χ3n) is 3.37. The van der Waals surface area contributed by atoms with E-state index < -0.39 is 0 Å². The molecule has 1 aromatic heterocycles. The number of hydrogen-bond acceptors (Lipinski definition) is 4. The average molecular weight is 300 g/mol. The van der Waals surface area contributed by atoms with Crippen LogP contribution in [-0.4, -0.2) is 24.0 Å². The molecule has 5 heteroatoms. The lowest BCUT2D eigenvalue weighted by atomic mass is 10.1. The van der Waals surface area contributed by atoms with Crippen LogP contribution < -0.4 is 5.32 Å². The summed E-state index contributed by atoms with van der Waals surface area (Å²) in [7, 11) is 1.37. The van der Waals surface area contributed by atoms with E-state index >= 15 is 0 Å². The minimum Gasteiger partial charge on any atom is -0.469 e. The van der Waals surface area contributed by atoms with Gasteiger partial charge in [0.2, 0.25) is 5.91 Å². The molecule has 1 heterocycles. The predicted octanol–water partition coefficient (Wildman–Crippen LogP) is 3.22. The molecule has 1 aromatic carbocycles. The number of unbranched alkanes of at least 4 members (excludes halogenated alkanes) is 1. The van der Waals surface area contributed by atoms with Crippen molar-refractivity contribution >= 4 is 28.5 Å². The third-order valence-corrected chi connectivity index (χ3v) is 3.37. The third kappa shape index (κ3) is 4.55. The molecule has 0 bridgehead atoms. The predicted molar refractivity (Wildman–Crippen MR) is 85.6 cm³/mol. The zero-order chi connectivity index (χ0) is 15.9. The van der Waals surface area contributed by atoms with Crippen LogP contribution >= 0.6 is 0 Å². The van der Waals surface area contributed by atoms with Crippen molar-refractivity contribution in [2.75, 3.05) is 12.4 Å². The molecule has 5 nitrogen and oxygen atoms in total. The van der Waals surface area contributed by atoms with Gasteiger partial charge in [0, 0.05) is 29.6 Å². The van der Waals surface area contributed by atoms with Crippen molar-refractivity contribution in [1.82, 2.24) is 4.98 Å². The van der Waals surface area contributed by atoms with Gasteiger partial charge < -0.3 is 10.1 Å². The molecule has 1 N–H and O–H groups in total. The van der Waals surface area contributed by atoms with E-state index in [2.05, 4.69) is 15.0 Å². The number of hydrogen-bond donors (Lipinski definition) is 1. The molecule has 0 aliphatic heterocycles. The summed E-state index contributed by atoms with van der Waals surface area (Å²) in [5.41, 5.74) is 2.64. The Morgan fingerprint density at radius 2 is 1.91 bits per heavy atom. The van der Waals surface area contributed by atoms with Gasteiger partial charge >= 0.3 is 5.97 Å². The summed E-state index contributed by atoms with van der Waals surface area (Å²) in [4.78, 5) is 27.3. The fraction of sp³-hybridized carbons (Fsp3) is 0.353. The lowest BCUT2D eigenvalue weighted by Gasteiger charge is -2.07. The molecule has 0 saturated heterocycles. The average Bonchev–Trinajstić information content (AvgIpc) is 2.51. The van der Waals surface area contributed by atoms with Crippen LogP contribution in [0.4, 0.5) is 5.69 Å². The number of pyridine rings is 1. The monoisotopic (exact) mass is 300 g/mol. The zero-order valence-corrected chi connectivity index (χ0v) is 12.9. The van der Waals surface area contributed by atoms with Crippen molar-refractivity contribution in [1.29, 1.82) is 0 Å². The minimum absolute atomic E-state index is 0.0516. The minimum atomic E-state index is -0.238. The topological polar surface area (TPSA) is 68.3 Å². The first-order valence-electron chi connectivity index (χ1n) is 7.32. The molecule has 0 spiro atoms. The van der Waals surface area contributed by atoms with E-state index in [9.17, 15) is 9.59 Å². The van der Waals surface area contributed by atoms with E-state index in [4.69, 9.17) is 0 Å². The van der Waals surface area contributed by atoms with Gasteiger partial charge in [-0.25, -0.2) is 0 Å². The van der Waals surface area contributed by atoms with E-state index in [-0.39, 0.29) is 11.9 Å². The second-order valence-corrected chi connectivity index (χ2v) is 5.19. The molecule has 0 atom stereocenters. The lowest BCUT2D eigenvalue weighted by molar-refractivity contribution is -0.140. The maximum Gasteiger partial charge on any atom is 0.305 e. The Labute approximate surface area is 129 Å². The molecule has 2 aromatic rings. The summed E-state index contributed by atoms with van der Waals surface area (Å²) in [6.07, 6.45) is 2.06. The van der Waals surface area contributed by atoms with Crippen molar-refractivity contribution < 1.29 is 14.3 Å². The van der Waals surface area contributed by atoms with E-state index in [0.29, 0.717) is 25.7 Å². The second-order valence-electron chi connectivity index (χ2n) is 5.19. The highest BCUT2D eigenvalue weighted by Crippen LogP contribution is 2.18. The van der Waals surface area contributed by atoms with Crippen LogP contribution in [0.5, 0.6) is 0 Å². The van der Waals surface area contributed by atoms with Crippen LogP contribution in [0.1, 0.15) is 31.4 Å². The Hall–Kier alpha value is -2.43. The highest BCUT2D eigenvalue weighted by Gasteiger charge is 2.05. The number of aryl methyl sites for hydroxylation is 1. The van der Waals surface area contributed by atoms with E-state index in [0.717, 1.165) is 22.3 Å². The summed E-state index contributed by atoms with van der Waals surface area (Å²) >= 11 is 0. The largest absolute Gasteiger partial charge is 0.469 e. The van der Waals surface area contributed by atoms with Crippen LogP contribution in [0.25, 0.3) is 10.9 Å². The van der Waals surface area contributed by atoms with Gasteiger partial charge in [-0.1, -0.05) is 6.07 Å². The van der Waals surface area contributed by atoms with Gasteiger partial charge in [0.1, 0.15) is 0 Å². The number of carbonyl (C=O) groups excluding carboxylic acids is 2. The van der Waals surface area contributed by atoms with Gasteiger partial charge in [-0.05, 0) is 44.0 Å². The normalized spacial score (nSPS) is 10.5. The van der Waals surface area contributed by atoms with Gasteiger partial charge in [-0.2, -0.15) is 0 Å². The van der Waals surface area contributed by atoms with E-state index in [1.54, 1.807) is 0 Å². The molecule has 1 amide bonds. The van der Waals surface area contributed by atoms with Crippen molar-refractivity contribution in [2.45, 2.75) is 32.6 Å². The summed E-state index contributed by atoms with van der Waals surface area (Å²) in [5.74, 6) is -0.290. The summed E-state index contributed by atoms with van der Waals surface area (Å²) in [6, 6.07) is 9.59. The number of esters is 1. The Balaban J connectivity index is 1.86. The van der Waals surface area contributed by atoms with Crippen molar-refractivity contribution in [3.05, 3.63) is 36.0 Å². The Morgan fingerprint density at radius 3 is 2.68 bits per heavy atom. The van der Waals surface area contributed by atoms with Gasteiger partial charge in [-0.15, -0.1) is 0 Å². The number of nitrogens with zero attached hydrogens (tertiary/aromatic N) is 1. The van der Waals surface area contributed by atoms with Gasteiger partial charge in [0.25, 0.3) is 0 Å². The molecule has 0 aliphatic rings. The Bertz CT molecular complexity index is 683. The van der Waals surface area contributed by atoms with Crippen LogP contribution in [0.15, 0.2) is 30.3 Å². The quantitative estimate of drug-likeness (QED) is 0.657. The van der Waals surface area contributed by atoms with Crippen LogP contribution in [-0.2, 0) is 14.3 Å². The van der Waals surface area contributed by atoms with Gasteiger partial charge in [0.05, 0.1) is 12.6 Å². The number of ether oxygens (including phenoxy) is 1. The highest BCUT2D eigenvalue weighted by atomic mass is 16.5. The number of anilines is 1. The number of nitrogens with one attached hydrogen (secondary N) is 1. The first kappa shape index (κ1) is 15.9. The molecule has 0 aliphatic carbocycles. The van der Waals surface area contributed by atoms with Gasteiger partial charge in [0.15, 0.2) is 0 Å². The fourth-order valence-corrected chi connectivity index (χ4v) is 2.19. The molecule has 0 radical (unpaired) electrons. The lowest BCUT2D eigenvalue weighted by Crippen LogP contribution is -2.11. The summed E-state index contributed by atoms with van der Waals surface area (Å²) in [5, 5.41) is 3.86. The molecule has 0 unspecified atom stereocenters. The van der Waals surface area contributed by atoms with Gasteiger partial charge in [-0.3, -0.25) is 14.6 Å². The van der Waals surface area contributed by atoms with E-state index in [1.165, 1.54) is 7.11 Å². The number of benzene rings is 1. The van der Waals surface area contributed by atoms with Crippen LogP contribution in [0, 0.1) is 6.92 Å². The Morgan fingerprint density at radius 1 is 1.14 bits per heavy atom. The maximum atomic E-state index is 11.9. The first-order valence-corrected chi connectivity index (χ1v) is 7.32. The number of fused-ring (bicyclic) bond motifs is 1. The molecule has 0 fully saturated rings. The van der Waals surface area contributed by atoms with Crippen molar-refractivity contribution in [2.24, 2.45) is 0 Å². The molecular formula is C17H20N2O3. The SMILES string of the molecule is COC(=O)CCCCC(=O)Nc1ccc2nc(C)ccc2c1. The maximum absolute atomic E-state index is 11.9. The van der Waals surface area contributed by atoms with Crippen LogP contribution in [0.2, 0.25) is 0 Å². The zero-order valence-electron chi connectivity index (χ0n) is 12.9. The number of rotatable bonds is 6. The fourth-order valence-electron chi connectivity index (χ4n) is 2.19. The standard InChI is InChI=1S/C17H20N2O3/c1-12-7-8-13-11-14(9-10-15(13)18-12)19-16(20)5-3-4-6-17(21)22-2/h7-11H,3-6H2,1-2H3,(H,19,20). The molecule has 116 valence electrons. The molecular weight excluding hydrogens is 280 g/mol. The molecule has 22 heavy (non-hydrogen) atoms. The van der Waals surface area contributed by atoms with Crippen molar-refractivity contribution in [3.63, 3.8) is 0 Å². The second kappa shape index (κ2) is 7.54. The highest BCUT2D eigenvalue weighted by molar-refractivity contribution is 5.93. The number of methoxy groups -OCH3 is 1. The number of carbonyl (C=O) groups is 2. The smallest absolute Gasteiger partial charge is 0.305 e. The Kier molecular flexibility index (Phi) is 5.47. The summed E-state index contributed by atoms with van der Waals surface area (Å²) in [6.45, 7) is 1.95. The van der Waals surface area contributed by atoms with Crippen LogP contribution in [0.3, 0.4) is 0 Å². The summed E-state index contributed by atoms with van der Waals surface area (Å²) < 4.78 is 4.56. The number of aromatic nitrogens is 1. The first-order chi connectivity index (χ1) is 10.6. The number of amides is 1. The molecule has 2 rings (SSSR count). The van der Waals surface area contributed by atoms with Crippen molar-refractivity contribution in [3.8, 4) is 0 Å².